The first-order chi connectivity index (χ1) is 8.97. The first-order valence-corrected chi connectivity index (χ1v) is 5.96. The number of hydrogen-bond donors (Lipinski definition) is 1. The van der Waals surface area contributed by atoms with Crippen molar-refractivity contribution in [3.63, 3.8) is 0 Å². The molecule has 2 N–H and O–H groups in total. The van der Waals surface area contributed by atoms with E-state index in [1.807, 2.05) is 6.92 Å². The summed E-state index contributed by atoms with van der Waals surface area (Å²) in [5.74, 6) is -1.10. The van der Waals surface area contributed by atoms with Crippen LogP contribution in [-0.2, 0) is 0 Å². The van der Waals surface area contributed by atoms with Gasteiger partial charge in [0.25, 0.3) is 0 Å². The van der Waals surface area contributed by atoms with E-state index < -0.39 is 11.6 Å². The van der Waals surface area contributed by atoms with Crippen LogP contribution in [0.2, 0.25) is 0 Å². The Labute approximate surface area is 110 Å². The first-order valence-electron chi connectivity index (χ1n) is 5.96. The van der Waals surface area contributed by atoms with Gasteiger partial charge in [-0.25, -0.2) is 8.78 Å². The van der Waals surface area contributed by atoms with E-state index in [2.05, 4.69) is 0 Å². The molecule has 0 saturated carbocycles. The molecule has 19 heavy (non-hydrogen) atoms. The van der Waals surface area contributed by atoms with Crippen molar-refractivity contribution in [3.05, 3.63) is 59.2 Å². The second-order valence-electron chi connectivity index (χ2n) is 4.51. The van der Waals surface area contributed by atoms with Gasteiger partial charge in [-0.3, -0.25) is 0 Å². The van der Waals surface area contributed by atoms with Gasteiger partial charge in [0.2, 0.25) is 0 Å². The second kappa shape index (κ2) is 5.36. The summed E-state index contributed by atoms with van der Waals surface area (Å²) in [5, 5.41) is 0. The lowest BCUT2D eigenvalue weighted by Crippen LogP contribution is -2.05. The fourth-order valence-corrected chi connectivity index (χ4v) is 1.69. The van der Waals surface area contributed by atoms with Crippen LogP contribution >= 0.6 is 0 Å². The molecule has 1 atom stereocenters. The van der Waals surface area contributed by atoms with Crippen molar-refractivity contribution in [1.29, 1.82) is 0 Å². The van der Waals surface area contributed by atoms with Gasteiger partial charge in [-0.15, -0.1) is 0 Å². The lowest BCUT2D eigenvalue weighted by Gasteiger charge is -2.11. The third kappa shape index (κ3) is 3.09. The Morgan fingerprint density at radius 1 is 1.00 bits per heavy atom. The molecule has 0 aliphatic heterocycles. The summed E-state index contributed by atoms with van der Waals surface area (Å²) < 4.78 is 32.6. The molecular formula is C15H15F2NO. The zero-order valence-electron chi connectivity index (χ0n) is 10.8. The van der Waals surface area contributed by atoms with Crippen molar-refractivity contribution < 1.29 is 13.5 Å². The molecule has 2 aromatic carbocycles. The number of rotatable bonds is 3. The maximum atomic E-state index is 13.8. The number of aryl methyl sites for hydroxylation is 1. The molecule has 0 spiro atoms. The van der Waals surface area contributed by atoms with Gasteiger partial charge in [0.15, 0.2) is 23.1 Å². The molecule has 0 unspecified atom stereocenters. The molecule has 4 heteroatoms. The molecule has 100 valence electrons. The van der Waals surface area contributed by atoms with Crippen LogP contribution in [0.5, 0.6) is 11.5 Å². The van der Waals surface area contributed by atoms with E-state index in [0.717, 1.165) is 5.56 Å². The molecule has 2 rings (SSSR count). The van der Waals surface area contributed by atoms with E-state index in [4.69, 9.17) is 10.5 Å². The fraction of sp³-hybridized carbons (Fsp3) is 0.200. The van der Waals surface area contributed by atoms with Crippen LogP contribution in [0.4, 0.5) is 8.78 Å². The van der Waals surface area contributed by atoms with Crippen LogP contribution in [0.3, 0.4) is 0 Å². The van der Waals surface area contributed by atoms with E-state index in [9.17, 15) is 8.78 Å². The van der Waals surface area contributed by atoms with Crippen LogP contribution < -0.4 is 10.5 Å². The van der Waals surface area contributed by atoms with Crippen molar-refractivity contribution in [1.82, 2.24) is 0 Å². The average Bonchev–Trinajstić information content (AvgIpc) is 2.36. The molecule has 0 aliphatic rings. The van der Waals surface area contributed by atoms with Crippen molar-refractivity contribution >= 4 is 0 Å². The Balaban J connectivity index is 2.31. The van der Waals surface area contributed by atoms with E-state index in [1.165, 1.54) is 24.3 Å². The van der Waals surface area contributed by atoms with Gasteiger partial charge in [0.1, 0.15) is 0 Å². The molecule has 0 amide bonds. The highest BCUT2D eigenvalue weighted by Crippen LogP contribution is 2.28. The van der Waals surface area contributed by atoms with Crippen molar-refractivity contribution in [2.45, 2.75) is 19.9 Å². The quantitative estimate of drug-likeness (QED) is 0.905. The zero-order valence-corrected chi connectivity index (χ0v) is 10.8. The van der Waals surface area contributed by atoms with Gasteiger partial charge in [0.05, 0.1) is 0 Å². The van der Waals surface area contributed by atoms with E-state index in [0.29, 0.717) is 5.56 Å². The number of ether oxygens (including phenoxy) is 1. The molecule has 2 nitrogen and oxygen atoms in total. The maximum Gasteiger partial charge on any atom is 0.166 e. The van der Waals surface area contributed by atoms with Crippen LogP contribution in [0.15, 0.2) is 36.4 Å². The van der Waals surface area contributed by atoms with Crippen molar-refractivity contribution in [2.24, 2.45) is 5.73 Å². The predicted molar refractivity (Wildman–Crippen MR) is 70.2 cm³/mol. The van der Waals surface area contributed by atoms with Gasteiger partial charge >= 0.3 is 0 Å². The molecule has 0 radical (unpaired) electrons. The molecule has 0 aliphatic carbocycles. The predicted octanol–water partition coefficient (Wildman–Crippen LogP) is 4.09. The molecule has 0 aromatic heterocycles. The SMILES string of the molecule is Cc1ccc(F)c(Oc2ccc([C@@H](C)N)cc2F)c1. The third-order valence-corrected chi connectivity index (χ3v) is 2.79. The number of nitrogens with two attached hydrogens (primary N) is 1. The van der Waals surface area contributed by atoms with Gasteiger partial charge in [-0.1, -0.05) is 12.1 Å². The van der Waals surface area contributed by atoms with Crippen LogP contribution in [0, 0.1) is 18.6 Å². The van der Waals surface area contributed by atoms with E-state index in [1.54, 1.807) is 19.1 Å². The Hall–Kier alpha value is -1.94. The number of benzene rings is 2. The number of hydrogen-bond acceptors (Lipinski definition) is 2. The molecule has 0 fully saturated rings. The largest absolute Gasteiger partial charge is 0.451 e. The Morgan fingerprint density at radius 3 is 2.37 bits per heavy atom. The zero-order chi connectivity index (χ0) is 14.0. The fourth-order valence-electron chi connectivity index (χ4n) is 1.69. The highest BCUT2D eigenvalue weighted by Gasteiger charge is 2.11. The minimum atomic E-state index is -0.560. The molecule has 0 saturated heterocycles. The minimum absolute atomic E-state index is 0.00690. The van der Waals surface area contributed by atoms with Crippen molar-refractivity contribution in [2.75, 3.05) is 0 Å². The van der Waals surface area contributed by atoms with Gasteiger partial charge in [-0.2, -0.15) is 0 Å². The lowest BCUT2D eigenvalue weighted by molar-refractivity contribution is 0.413. The highest BCUT2D eigenvalue weighted by molar-refractivity contribution is 5.37. The van der Waals surface area contributed by atoms with Crippen molar-refractivity contribution in [3.8, 4) is 11.5 Å². The minimum Gasteiger partial charge on any atom is -0.451 e. The van der Waals surface area contributed by atoms with Crippen LogP contribution in [0.1, 0.15) is 24.1 Å². The summed E-state index contributed by atoms with van der Waals surface area (Å²) >= 11 is 0. The topological polar surface area (TPSA) is 35.2 Å². The highest BCUT2D eigenvalue weighted by atomic mass is 19.1. The summed E-state index contributed by atoms with van der Waals surface area (Å²) in [6.07, 6.45) is 0. The van der Waals surface area contributed by atoms with Gasteiger partial charge in [-0.05, 0) is 49.2 Å². The summed E-state index contributed by atoms with van der Waals surface area (Å²) in [4.78, 5) is 0. The summed E-state index contributed by atoms with van der Waals surface area (Å²) in [5.41, 5.74) is 7.16. The van der Waals surface area contributed by atoms with Gasteiger partial charge in [0, 0.05) is 6.04 Å². The molecule has 0 heterocycles. The molecular weight excluding hydrogens is 248 g/mol. The molecule has 2 aromatic rings. The Morgan fingerprint density at radius 2 is 1.74 bits per heavy atom. The average molecular weight is 263 g/mol. The normalized spacial score (nSPS) is 12.3. The summed E-state index contributed by atoms with van der Waals surface area (Å²) in [6.45, 7) is 3.57. The number of halogens is 2. The Kier molecular flexibility index (Phi) is 3.81. The third-order valence-electron chi connectivity index (χ3n) is 2.79. The smallest absolute Gasteiger partial charge is 0.166 e. The maximum absolute atomic E-state index is 13.8. The summed E-state index contributed by atoms with van der Waals surface area (Å²) in [6, 6.07) is 8.59. The van der Waals surface area contributed by atoms with Gasteiger partial charge < -0.3 is 10.5 Å². The monoisotopic (exact) mass is 263 g/mol. The first kappa shape index (κ1) is 13.5. The lowest BCUT2D eigenvalue weighted by atomic mass is 10.1. The van der Waals surface area contributed by atoms with E-state index in [-0.39, 0.29) is 17.5 Å². The molecule has 0 bridgehead atoms. The Bertz CT molecular complexity index is 597. The van der Waals surface area contributed by atoms with Crippen LogP contribution in [-0.4, -0.2) is 0 Å². The van der Waals surface area contributed by atoms with Crippen LogP contribution in [0.25, 0.3) is 0 Å². The second-order valence-corrected chi connectivity index (χ2v) is 4.51. The standard InChI is InChI=1S/C15H15F2NO/c1-9-3-5-12(16)15(7-9)19-14-6-4-11(10(2)18)8-13(14)17/h3-8,10H,18H2,1-2H3/t10-/m1/s1. The summed E-state index contributed by atoms with van der Waals surface area (Å²) in [7, 11) is 0. The van der Waals surface area contributed by atoms with E-state index >= 15 is 0 Å².